The van der Waals surface area contributed by atoms with Gasteiger partial charge in [0.25, 0.3) is 0 Å². The van der Waals surface area contributed by atoms with Gasteiger partial charge in [-0.25, -0.2) is 0 Å². The number of rotatable bonds is 6. The minimum atomic E-state index is 0.443. The van der Waals surface area contributed by atoms with Crippen molar-refractivity contribution in [3.05, 3.63) is 42.5 Å². The molecule has 0 aliphatic heterocycles. The lowest BCUT2D eigenvalue weighted by atomic mass is 10.0. The van der Waals surface area contributed by atoms with Crippen molar-refractivity contribution in [2.75, 3.05) is 13.3 Å². The van der Waals surface area contributed by atoms with E-state index in [0.717, 1.165) is 12.8 Å². The van der Waals surface area contributed by atoms with Crippen LogP contribution in [0, 0.1) is 0 Å². The minimum Gasteiger partial charge on any atom is -0.313 e. The lowest BCUT2D eigenvalue weighted by Crippen LogP contribution is -2.15. The SMILES string of the molecule is C=CCCC(NC)c1ccc(SC)cc1. The van der Waals surface area contributed by atoms with Crippen LogP contribution in [0.3, 0.4) is 0 Å². The molecule has 0 heterocycles. The number of hydrogen-bond acceptors (Lipinski definition) is 2. The average Bonchev–Trinajstić information content (AvgIpc) is 2.31. The van der Waals surface area contributed by atoms with Crippen molar-refractivity contribution in [3.63, 3.8) is 0 Å². The van der Waals surface area contributed by atoms with Crippen LogP contribution < -0.4 is 5.32 Å². The average molecular weight is 221 g/mol. The van der Waals surface area contributed by atoms with E-state index < -0.39 is 0 Å². The number of hydrogen-bond donors (Lipinski definition) is 1. The largest absolute Gasteiger partial charge is 0.313 e. The fraction of sp³-hybridized carbons (Fsp3) is 0.385. The smallest absolute Gasteiger partial charge is 0.0320 e. The molecule has 15 heavy (non-hydrogen) atoms. The van der Waals surface area contributed by atoms with E-state index >= 15 is 0 Å². The van der Waals surface area contributed by atoms with E-state index in [1.54, 1.807) is 11.8 Å². The molecule has 0 radical (unpaired) electrons. The number of allylic oxidation sites excluding steroid dienone is 1. The molecule has 0 saturated heterocycles. The van der Waals surface area contributed by atoms with Crippen molar-refractivity contribution in [1.82, 2.24) is 5.32 Å². The van der Waals surface area contributed by atoms with Gasteiger partial charge in [-0.3, -0.25) is 0 Å². The molecule has 1 rings (SSSR count). The summed E-state index contributed by atoms with van der Waals surface area (Å²) in [5, 5.41) is 3.34. The molecule has 0 spiro atoms. The lowest BCUT2D eigenvalue weighted by molar-refractivity contribution is 0.554. The van der Waals surface area contributed by atoms with Gasteiger partial charge < -0.3 is 5.32 Å². The first-order valence-electron chi connectivity index (χ1n) is 5.24. The second-order valence-electron chi connectivity index (χ2n) is 3.48. The number of nitrogens with one attached hydrogen (secondary N) is 1. The van der Waals surface area contributed by atoms with Gasteiger partial charge in [-0.1, -0.05) is 18.2 Å². The Balaban J connectivity index is 2.69. The molecule has 1 unspecified atom stereocenters. The Labute approximate surface area is 97.0 Å². The molecule has 0 saturated carbocycles. The van der Waals surface area contributed by atoms with Crippen molar-refractivity contribution >= 4 is 11.8 Å². The first-order valence-corrected chi connectivity index (χ1v) is 6.46. The van der Waals surface area contributed by atoms with Gasteiger partial charge in [0.2, 0.25) is 0 Å². The van der Waals surface area contributed by atoms with Crippen LogP contribution in [0.5, 0.6) is 0 Å². The summed E-state index contributed by atoms with van der Waals surface area (Å²) in [7, 11) is 2.01. The van der Waals surface area contributed by atoms with Gasteiger partial charge in [0, 0.05) is 10.9 Å². The summed E-state index contributed by atoms with van der Waals surface area (Å²) in [6.45, 7) is 3.76. The van der Waals surface area contributed by atoms with Crippen molar-refractivity contribution in [3.8, 4) is 0 Å². The van der Waals surface area contributed by atoms with E-state index in [1.807, 2.05) is 13.1 Å². The fourth-order valence-electron chi connectivity index (χ4n) is 1.60. The molecular formula is C13H19NS. The zero-order chi connectivity index (χ0) is 11.1. The Bertz CT molecular complexity index is 292. The summed E-state index contributed by atoms with van der Waals surface area (Å²) >= 11 is 1.78. The first-order chi connectivity index (χ1) is 7.31. The fourth-order valence-corrected chi connectivity index (χ4v) is 2.01. The molecule has 1 aromatic carbocycles. The Morgan fingerprint density at radius 2 is 2.07 bits per heavy atom. The first kappa shape index (κ1) is 12.3. The molecule has 0 aromatic heterocycles. The highest BCUT2D eigenvalue weighted by Crippen LogP contribution is 2.21. The van der Waals surface area contributed by atoms with Crippen LogP contribution in [0.4, 0.5) is 0 Å². The van der Waals surface area contributed by atoms with Gasteiger partial charge in [-0.05, 0) is 43.8 Å². The van der Waals surface area contributed by atoms with Crippen LogP contribution in [-0.2, 0) is 0 Å². The van der Waals surface area contributed by atoms with Crippen LogP contribution >= 0.6 is 11.8 Å². The standard InChI is InChI=1S/C13H19NS/c1-4-5-6-13(14-2)11-7-9-12(15-3)10-8-11/h4,7-10,13-14H,1,5-6H2,2-3H3. The van der Waals surface area contributed by atoms with E-state index in [4.69, 9.17) is 0 Å². The van der Waals surface area contributed by atoms with Crippen molar-refractivity contribution < 1.29 is 0 Å². The molecule has 0 bridgehead atoms. The van der Waals surface area contributed by atoms with Gasteiger partial charge in [0.1, 0.15) is 0 Å². The van der Waals surface area contributed by atoms with Gasteiger partial charge >= 0.3 is 0 Å². The highest BCUT2D eigenvalue weighted by atomic mass is 32.2. The molecule has 2 heteroatoms. The number of benzene rings is 1. The summed E-state index contributed by atoms with van der Waals surface area (Å²) in [5.74, 6) is 0. The summed E-state index contributed by atoms with van der Waals surface area (Å²) in [4.78, 5) is 1.32. The van der Waals surface area contributed by atoms with Crippen molar-refractivity contribution in [2.45, 2.75) is 23.8 Å². The molecule has 0 aliphatic carbocycles. The van der Waals surface area contributed by atoms with E-state index in [-0.39, 0.29) is 0 Å². The number of thioether (sulfide) groups is 1. The third kappa shape index (κ3) is 3.73. The van der Waals surface area contributed by atoms with Crippen molar-refractivity contribution in [1.29, 1.82) is 0 Å². The van der Waals surface area contributed by atoms with Crippen molar-refractivity contribution in [2.24, 2.45) is 0 Å². The maximum atomic E-state index is 3.76. The summed E-state index contributed by atoms with van der Waals surface area (Å²) < 4.78 is 0. The Hall–Kier alpha value is -0.730. The predicted molar refractivity (Wildman–Crippen MR) is 69.5 cm³/mol. The maximum Gasteiger partial charge on any atom is 0.0320 e. The molecule has 0 aliphatic rings. The highest BCUT2D eigenvalue weighted by molar-refractivity contribution is 7.98. The van der Waals surface area contributed by atoms with E-state index in [9.17, 15) is 0 Å². The van der Waals surface area contributed by atoms with Gasteiger partial charge in [-0.2, -0.15) is 0 Å². The Morgan fingerprint density at radius 3 is 2.53 bits per heavy atom. The third-order valence-electron chi connectivity index (χ3n) is 2.53. The Kier molecular flexibility index (Phi) is 5.51. The molecular weight excluding hydrogens is 202 g/mol. The minimum absolute atomic E-state index is 0.443. The lowest BCUT2D eigenvalue weighted by Gasteiger charge is -2.15. The zero-order valence-corrected chi connectivity index (χ0v) is 10.3. The van der Waals surface area contributed by atoms with E-state index in [2.05, 4.69) is 42.4 Å². The molecule has 1 nitrogen and oxygen atoms in total. The van der Waals surface area contributed by atoms with Crippen LogP contribution in [0.25, 0.3) is 0 Å². The van der Waals surface area contributed by atoms with Gasteiger partial charge in [0.15, 0.2) is 0 Å². The highest BCUT2D eigenvalue weighted by Gasteiger charge is 2.07. The molecule has 0 fully saturated rings. The third-order valence-corrected chi connectivity index (χ3v) is 3.27. The second-order valence-corrected chi connectivity index (χ2v) is 4.36. The molecule has 0 amide bonds. The summed E-state index contributed by atoms with van der Waals surface area (Å²) in [6, 6.07) is 9.21. The zero-order valence-electron chi connectivity index (χ0n) is 9.49. The molecule has 82 valence electrons. The van der Waals surface area contributed by atoms with Gasteiger partial charge in [0.05, 0.1) is 0 Å². The quantitative estimate of drug-likeness (QED) is 0.581. The normalized spacial score (nSPS) is 12.4. The Morgan fingerprint density at radius 1 is 1.40 bits per heavy atom. The van der Waals surface area contributed by atoms with Gasteiger partial charge in [-0.15, -0.1) is 18.3 Å². The maximum absolute atomic E-state index is 3.76. The summed E-state index contributed by atoms with van der Waals surface area (Å²) in [6.07, 6.45) is 6.23. The monoisotopic (exact) mass is 221 g/mol. The van der Waals surface area contributed by atoms with Crippen LogP contribution in [0.1, 0.15) is 24.4 Å². The molecule has 1 atom stereocenters. The van der Waals surface area contributed by atoms with Crippen LogP contribution in [0.15, 0.2) is 41.8 Å². The van der Waals surface area contributed by atoms with Crippen LogP contribution in [-0.4, -0.2) is 13.3 Å². The predicted octanol–water partition coefficient (Wildman–Crippen LogP) is 3.64. The molecule has 1 aromatic rings. The molecule has 1 N–H and O–H groups in total. The van der Waals surface area contributed by atoms with E-state index in [1.165, 1.54) is 10.5 Å². The van der Waals surface area contributed by atoms with E-state index in [0.29, 0.717) is 6.04 Å². The summed E-state index contributed by atoms with van der Waals surface area (Å²) in [5.41, 5.74) is 1.36. The second kappa shape index (κ2) is 6.70. The topological polar surface area (TPSA) is 12.0 Å². The van der Waals surface area contributed by atoms with Crippen LogP contribution in [0.2, 0.25) is 0 Å².